The maximum Gasteiger partial charge on any atom is 0.241 e. The summed E-state index contributed by atoms with van der Waals surface area (Å²) in [5, 5.41) is 7.27. The van der Waals surface area contributed by atoms with Gasteiger partial charge in [0, 0.05) is 18.0 Å². The topological polar surface area (TPSA) is 80.5 Å². The maximum absolute atomic E-state index is 12.7. The van der Waals surface area contributed by atoms with Gasteiger partial charge in [-0.15, -0.1) is 0 Å². The van der Waals surface area contributed by atoms with Crippen LogP contribution in [0.4, 0.5) is 0 Å². The second-order valence-electron chi connectivity index (χ2n) is 9.28. The van der Waals surface area contributed by atoms with Crippen molar-refractivity contribution < 1.29 is 14.1 Å². The summed E-state index contributed by atoms with van der Waals surface area (Å²) in [7, 11) is 0. The number of likely N-dealkylation sites (tertiary alicyclic amines) is 1. The third kappa shape index (κ3) is 7.15. The fraction of sp³-hybridized carbons (Fsp3) is 0.464. The molecule has 1 N–H and O–H groups in total. The minimum atomic E-state index is 0.0666. The summed E-state index contributed by atoms with van der Waals surface area (Å²) in [6.07, 6.45) is 4.48. The van der Waals surface area contributed by atoms with Gasteiger partial charge in [-0.2, -0.15) is 4.98 Å². The van der Waals surface area contributed by atoms with Gasteiger partial charge < -0.3 is 14.6 Å². The molecule has 1 fully saturated rings. The van der Waals surface area contributed by atoms with Crippen molar-refractivity contribution in [3.8, 4) is 17.1 Å². The molecule has 0 radical (unpaired) electrons. The third-order valence-corrected chi connectivity index (χ3v) is 6.42. The summed E-state index contributed by atoms with van der Waals surface area (Å²) in [6, 6.07) is 16.3. The fourth-order valence-electron chi connectivity index (χ4n) is 4.46. The Balaban J connectivity index is 1.17. The van der Waals surface area contributed by atoms with Crippen molar-refractivity contribution in [1.29, 1.82) is 0 Å². The second kappa shape index (κ2) is 12.5. The summed E-state index contributed by atoms with van der Waals surface area (Å²) in [4.78, 5) is 19.5. The van der Waals surface area contributed by atoms with Crippen molar-refractivity contribution >= 4 is 5.91 Å². The lowest BCUT2D eigenvalue weighted by molar-refractivity contribution is -0.126. The smallest absolute Gasteiger partial charge is 0.241 e. The van der Waals surface area contributed by atoms with Crippen LogP contribution in [0.15, 0.2) is 53.1 Å². The molecule has 0 atom stereocenters. The van der Waals surface area contributed by atoms with E-state index in [2.05, 4.69) is 39.4 Å². The quantitative estimate of drug-likeness (QED) is 0.401. The molecule has 0 aliphatic carbocycles. The van der Waals surface area contributed by atoms with Crippen LogP contribution in [0.25, 0.3) is 11.4 Å². The van der Waals surface area contributed by atoms with Gasteiger partial charge in [-0.25, -0.2) is 0 Å². The molecule has 2 aromatic carbocycles. The number of carbonyl (C=O) groups excluding carboxylic acids is 1. The van der Waals surface area contributed by atoms with Crippen LogP contribution in [-0.4, -0.2) is 47.2 Å². The van der Waals surface area contributed by atoms with E-state index in [1.54, 1.807) is 0 Å². The Kier molecular flexibility index (Phi) is 8.90. The number of aryl methyl sites for hydroxylation is 2. The highest BCUT2D eigenvalue weighted by Gasteiger charge is 2.25. The lowest BCUT2D eigenvalue weighted by Gasteiger charge is -2.30. The molecule has 1 aromatic heterocycles. The van der Waals surface area contributed by atoms with Crippen molar-refractivity contribution in [2.75, 3.05) is 26.2 Å². The van der Waals surface area contributed by atoms with Crippen LogP contribution in [0.2, 0.25) is 0 Å². The summed E-state index contributed by atoms with van der Waals surface area (Å²) in [5.41, 5.74) is 3.34. The Morgan fingerprint density at radius 1 is 1.17 bits per heavy atom. The number of carbonyl (C=O) groups is 1. The van der Waals surface area contributed by atoms with Gasteiger partial charge in [0.25, 0.3) is 0 Å². The Morgan fingerprint density at radius 2 is 2.00 bits per heavy atom. The molecule has 1 aliphatic heterocycles. The average Bonchev–Trinajstić information content (AvgIpc) is 3.35. The number of rotatable bonds is 11. The number of amides is 1. The first-order valence-electron chi connectivity index (χ1n) is 12.7. The van der Waals surface area contributed by atoms with Crippen molar-refractivity contribution in [3.63, 3.8) is 0 Å². The van der Waals surface area contributed by atoms with Gasteiger partial charge in [-0.1, -0.05) is 54.0 Å². The van der Waals surface area contributed by atoms with Crippen LogP contribution in [0, 0.1) is 12.8 Å². The Morgan fingerprint density at radius 3 is 2.80 bits per heavy atom. The monoisotopic (exact) mass is 476 g/mol. The predicted octanol–water partition coefficient (Wildman–Crippen LogP) is 4.79. The number of aromatic nitrogens is 2. The van der Waals surface area contributed by atoms with Gasteiger partial charge in [0.05, 0.1) is 13.2 Å². The average molecular weight is 477 g/mol. The van der Waals surface area contributed by atoms with E-state index >= 15 is 0 Å². The second-order valence-corrected chi connectivity index (χ2v) is 9.28. The van der Waals surface area contributed by atoms with E-state index in [4.69, 9.17) is 9.26 Å². The zero-order valence-corrected chi connectivity index (χ0v) is 20.8. The van der Waals surface area contributed by atoms with Crippen LogP contribution in [-0.2, 0) is 17.8 Å². The number of nitrogens with zero attached hydrogens (tertiary/aromatic N) is 3. The normalized spacial score (nSPS) is 14.7. The molecule has 0 saturated carbocycles. The van der Waals surface area contributed by atoms with Gasteiger partial charge >= 0.3 is 0 Å². The Bertz CT molecular complexity index is 1090. The van der Waals surface area contributed by atoms with E-state index in [0.29, 0.717) is 24.8 Å². The largest absolute Gasteiger partial charge is 0.493 e. The van der Waals surface area contributed by atoms with Gasteiger partial charge in [0.2, 0.25) is 17.6 Å². The van der Waals surface area contributed by atoms with Crippen LogP contribution >= 0.6 is 0 Å². The molecule has 4 rings (SSSR count). The fourth-order valence-corrected chi connectivity index (χ4v) is 4.46. The number of hydrogen-bond acceptors (Lipinski definition) is 6. The summed E-state index contributed by atoms with van der Waals surface area (Å²) in [5.74, 6) is 2.43. The van der Waals surface area contributed by atoms with Crippen LogP contribution in [0.3, 0.4) is 0 Å². The highest BCUT2D eigenvalue weighted by Crippen LogP contribution is 2.22. The maximum atomic E-state index is 12.7. The molecule has 2 heterocycles. The van der Waals surface area contributed by atoms with Gasteiger partial charge in [-0.3, -0.25) is 9.69 Å². The third-order valence-electron chi connectivity index (χ3n) is 6.42. The summed E-state index contributed by atoms with van der Waals surface area (Å²) < 4.78 is 11.3. The first-order valence-corrected chi connectivity index (χ1v) is 12.7. The molecule has 35 heavy (non-hydrogen) atoms. The number of para-hydroxylation sites is 1. The molecule has 1 amide bonds. The zero-order chi connectivity index (χ0) is 24.5. The van der Waals surface area contributed by atoms with Crippen LogP contribution in [0.1, 0.15) is 49.6 Å². The summed E-state index contributed by atoms with van der Waals surface area (Å²) in [6.45, 7) is 7.89. The molecular formula is C28H36N4O3. The van der Waals surface area contributed by atoms with E-state index in [1.165, 1.54) is 11.1 Å². The van der Waals surface area contributed by atoms with E-state index in [9.17, 15) is 4.79 Å². The Labute approximate surface area is 207 Å². The first kappa shape index (κ1) is 24.9. The SMILES string of the molecule is CCCOc1ccccc1CCCNC(=O)C1CCN(Cc2nc(-c3cccc(C)c3)no2)CC1. The molecule has 7 nitrogen and oxygen atoms in total. The highest BCUT2D eigenvalue weighted by molar-refractivity contribution is 5.78. The van der Waals surface area contributed by atoms with Crippen molar-refractivity contribution in [2.45, 2.75) is 52.5 Å². The highest BCUT2D eigenvalue weighted by atomic mass is 16.5. The molecule has 0 bridgehead atoms. The number of benzene rings is 2. The van der Waals surface area contributed by atoms with Crippen molar-refractivity contribution in [3.05, 3.63) is 65.5 Å². The molecule has 1 aliphatic rings. The lowest BCUT2D eigenvalue weighted by Crippen LogP contribution is -2.40. The lowest BCUT2D eigenvalue weighted by atomic mass is 9.96. The number of ether oxygens (including phenoxy) is 1. The van der Waals surface area contributed by atoms with Gasteiger partial charge in [0.1, 0.15) is 5.75 Å². The number of nitrogens with one attached hydrogen (secondary N) is 1. The standard InChI is InChI=1S/C28H36N4O3/c1-3-18-34-25-12-5-4-9-22(25)11-7-15-29-28(33)23-13-16-32(17-14-23)20-26-30-27(31-35-26)24-10-6-8-21(2)19-24/h4-6,8-10,12,19,23H,3,7,11,13-18,20H2,1-2H3,(H,29,33). The number of hydrogen-bond donors (Lipinski definition) is 1. The minimum absolute atomic E-state index is 0.0666. The first-order chi connectivity index (χ1) is 17.1. The van der Waals surface area contributed by atoms with Crippen LogP contribution in [0.5, 0.6) is 5.75 Å². The van der Waals surface area contributed by atoms with E-state index < -0.39 is 0 Å². The minimum Gasteiger partial charge on any atom is -0.493 e. The molecular weight excluding hydrogens is 440 g/mol. The van der Waals surface area contributed by atoms with Crippen LogP contribution < -0.4 is 10.1 Å². The van der Waals surface area contributed by atoms with Gasteiger partial charge in [0.15, 0.2) is 0 Å². The van der Waals surface area contributed by atoms with E-state index in [0.717, 1.165) is 63.1 Å². The summed E-state index contributed by atoms with van der Waals surface area (Å²) >= 11 is 0. The molecule has 3 aromatic rings. The molecule has 186 valence electrons. The molecule has 7 heteroatoms. The van der Waals surface area contributed by atoms with Crippen molar-refractivity contribution in [2.24, 2.45) is 5.92 Å². The zero-order valence-electron chi connectivity index (χ0n) is 20.8. The van der Waals surface area contributed by atoms with E-state index in [-0.39, 0.29) is 11.8 Å². The van der Waals surface area contributed by atoms with E-state index in [1.807, 2.05) is 43.3 Å². The van der Waals surface area contributed by atoms with Gasteiger partial charge in [-0.05, 0) is 69.8 Å². The predicted molar refractivity (Wildman–Crippen MR) is 136 cm³/mol. The Hall–Kier alpha value is -3.19. The van der Waals surface area contributed by atoms with Crippen molar-refractivity contribution in [1.82, 2.24) is 20.4 Å². The molecule has 0 spiro atoms. The number of piperidine rings is 1. The molecule has 1 saturated heterocycles. The molecule has 0 unspecified atom stereocenters.